The highest BCUT2D eigenvalue weighted by Crippen LogP contribution is 2.41. The highest BCUT2D eigenvalue weighted by Gasteiger charge is 2.53. The number of aliphatic hydroxyl groups excluding tert-OH is 1. The van der Waals surface area contributed by atoms with E-state index in [1.54, 1.807) is 0 Å². The average Bonchev–Trinajstić information content (AvgIpc) is 3.02. The van der Waals surface area contributed by atoms with Crippen LogP contribution >= 0.6 is 0 Å². The predicted octanol–water partition coefficient (Wildman–Crippen LogP) is 4.27. The summed E-state index contributed by atoms with van der Waals surface area (Å²) in [7, 11) is 0. The quantitative estimate of drug-likeness (QED) is 0.659. The van der Waals surface area contributed by atoms with Crippen molar-refractivity contribution in [1.29, 1.82) is 0 Å². The largest absolute Gasteiger partial charge is 0.393 e. The first-order valence-corrected chi connectivity index (χ1v) is 10.4. The number of benzene rings is 2. The molecule has 0 aliphatic carbocycles. The monoisotopic (exact) mass is 468 g/mol. The molecule has 0 spiro atoms. The number of nitrogens with one attached hydrogen (secondary N) is 1. The molecule has 0 aromatic heterocycles. The number of anilines is 1. The van der Waals surface area contributed by atoms with E-state index in [2.05, 4.69) is 5.32 Å². The van der Waals surface area contributed by atoms with Crippen molar-refractivity contribution in [3.63, 3.8) is 0 Å². The third-order valence-corrected chi connectivity index (χ3v) is 6.25. The molecule has 0 saturated carbocycles. The lowest BCUT2D eigenvalue weighted by molar-refractivity contribution is -0.166. The Kier molecular flexibility index (Phi) is 5.90. The fourth-order valence-electron chi connectivity index (χ4n) is 4.67. The third-order valence-electron chi connectivity index (χ3n) is 6.25. The van der Waals surface area contributed by atoms with Crippen molar-refractivity contribution in [1.82, 2.24) is 4.90 Å². The third kappa shape index (κ3) is 4.19. The molecule has 10 heteroatoms. The van der Waals surface area contributed by atoms with Crippen molar-refractivity contribution in [2.75, 3.05) is 5.32 Å². The van der Waals surface area contributed by atoms with Crippen LogP contribution in [0.1, 0.15) is 47.2 Å². The molecule has 0 unspecified atom stereocenters. The SMILES string of the molecule is Cc1cc(NC(=O)c2ccc(F)c(C(F)(F)C(=O)N3[C@@H]4CC[C@H]3C[C@@H](O)C4)c2)cc(F)c1F. The van der Waals surface area contributed by atoms with Gasteiger partial charge in [0.1, 0.15) is 5.82 Å². The van der Waals surface area contributed by atoms with E-state index in [4.69, 9.17) is 0 Å². The van der Waals surface area contributed by atoms with Crippen molar-refractivity contribution in [3.05, 3.63) is 64.5 Å². The van der Waals surface area contributed by atoms with Crippen LogP contribution in [0.4, 0.5) is 27.6 Å². The van der Waals surface area contributed by atoms with Crippen LogP contribution < -0.4 is 5.32 Å². The summed E-state index contributed by atoms with van der Waals surface area (Å²) >= 11 is 0. The van der Waals surface area contributed by atoms with E-state index >= 15 is 8.78 Å². The van der Waals surface area contributed by atoms with Crippen LogP contribution in [0.25, 0.3) is 0 Å². The predicted molar refractivity (Wildman–Crippen MR) is 108 cm³/mol. The van der Waals surface area contributed by atoms with Crippen LogP contribution in [-0.4, -0.2) is 40.0 Å². The molecule has 33 heavy (non-hydrogen) atoms. The molecule has 2 aliphatic heterocycles. The van der Waals surface area contributed by atoms with Crippen molar-refractivity contribution in [2.24, 2.45) is 0 Å². The lowest BCUT2D eigenvalue weighted by Crippen LogP contribution is -2.53. The molecule has 2 saturated heterocycles. The Morgan fingerprint density at radius 1 is 1.03 bits per heavy atom. The minimum atomic E-state index is -4.25. The summed E-state index contributed by atoms with van der Waals surface area (Å²) < 4.78 is 71.8. The average molecular weight is 468 g/mol. The van der Waals surface area contributed by atoms with Gasteiger partial charge in [-0.25, -0.2) is 13.2 Å². The smallest absolute Gasteiger partial charge is 0.352 e. The van der Waals surface area contributed by atoms with Crippen LogP contribution in [0.15, 0.2) is 30.3 Å². The molecule has 3 atom stereocenters. The first-order valence-electron chi connectivity index (χ1n) is 10.4. The van der Waals surface area contributed by atoms with E-state index in [0.717, 1.165) is 23.1 Å². The number of aryl methyl sites for hydroxylation is 1. The fourth-order valence-corrected chi connectivity index (χ4v) is 4.67. The number of aliphatic hydroxyl groups is 1. The molecule has 5 nitrogen and oxygen atoms in total. The van der Waals surface area contributed by atoms with Gasteiger partial charge in [-0.05, 0) is 62.4 Å². The molecular formula is C23H21F5N2O3. The summed E-state index contributed by atoms with van der Waals surface area (Å²) in [5, 5.41) is 12.1. The number of piperidine rings is 1. The molecule has 2 N–H and O–H groups in total. The molecule has 0 radical (unpaired) electrons. The Morgan fingerprint density at radius 3 is 2.27 bits per heavy atom. The Bertz CT molecular complexity index is 1090. The number of hydrogen-bond acceptors (Lipinski definition) is 3. The topological polar surface area (TPSA) is 69.6 Å². The van der Waals surface area contributed by atoms with Gasteiger partial charge in [-0.3, -0.25) is 9.59 Å². The first-order chi connectivity index (χ1) is 15.5. The first kappa shape index (κ1) is 23.2. The second kappa shape index (κ2) is 8.40. The van der Waals surface area contributed by atoms with E-state index < -0.39 is 64.5 Å². The van der Waals surface area contributed by atoms with Gasteiger partial charge in [0.05, 0.1) is 11.7 Å². The Morgan fingerprint density at radius 2 is 1.67 bits per heavy atom. The number of halogens is 5. The van der Waals surface area contributed by atoms with Gasteiger partial charge >= 0.3 is 5.92 Å². The van der Waals surface area contributed by atoms with E-state index in [-0.39, 0.29) is 24.1 Å². The number of amides is 2. The zero-order chi connectivity index (χ0) is 24.1. The minimum Gasteiger partial charge on any atom is -0.393 e. The second-order valence-electron chi connectivity index (χ2n) is 8.53. The van der Waals surface area contributed by atoms with Gasteiger partial charge in [-0.15, -0.1) is 0 Å². The molecule has 2 aromatic carbocycles. The van der Waals surface area contributed by atoms with Crippen LogP contribution in [-0.2, 0) is 10.7 Å². The Balaban J connectivity index is 1.60. The molecule has 2 aliphatic rings. The number of nitrogens with zero attached hydrogens (tertiary/aromatic N) is 1. The highest BCUT2D eigenvalue weighted by molar-refractivity contribution is 6.04. The minimum absolute atomic E-state index is 0.0801. The second-order valence-corrected chi connectivity index (χ2v) is 8.53. The highest BCUT2D eigenvalue weighted by atomic mass is 19.3. The van der Waals surface area contributed by atoms with Gasteiger partial charge < -0.3 is 15.3 Å². The number of fused-ring (bicyclic) bond motifs is 2. The lowest BCUT2D eigenvalue weighted by atomic mass is 9.96. The number of rotatable bonds is 4. The van der Waals surface area contributed by atoms with Gasteiger partial charge in [0.2, 0.25) is 0 Å². The summed E-state index contributed by atoms with van der Waals surface area (Å²) in [6.45, 7) is 1.28. The van der Waals surface area contributed by atoms with E-state index in [0.29, 0.717) is 25.0 Å². The molecule has 2 fully saturated rings. The Labute approximate surface area is 186 Å². The summed E-state index contributed by atoms with van der Waals surface area (Å²) in [6, 6.07) is 2.95. The van der Waals surface area contributed by atoms with Gasteiger partial charge in [-0.2, -0.15) is 8.78 Å². The molecular weight excluding hydrogens is 447 g/mol. The van der Waals surface area contributed by atoms with Gasteiger partial charge in [0.25, 0.3) is 11.8 Å². The zero-order valence-electron chi connectivity index (χ0n) is 17.5. The summed E-state index contributed by atoms with van der Waals surface area (Å²) in [6.07, 6.45) is 0.627. The fraction of sp³-hybridized carbons (Fsp3) is 0.391. The van der Waals surface area contributed by atoms with E-state index in [9.17, 15) is 27.9 Å². The maximum absolute atomic E-state index is 15.2. The van der Waals surface area contributed by atoms with Crippen molar-refractivity contribution >= 4 is 17.5 Å². The normalized spacial score (nSPS) is 22.4. The van der Waals surface area contributed by atoms with Gasteiger partial charge in [0.15, 0.2) is 11.6 Å². The van der Waals surface area contributed by atoms with Gasteiger partial charge in [0, 0.05) is 29.4 Å². The molecule has 176 valence electrons. The molecule has 2 amide bonds. The van der Waals surface area contributed by atoms with Crippen LogP contribution in [0.2, 0.25) is 0 Å². The van der Waals surface area contributed by atoms with Crippen LogP contribution in [0.3, 0.4) is 0 Å². The summed E-state index contributed by atoms with van der Waals surface area (Å²) in [5.74, 6) is -10.4. The summed E-state index contributed by atoms with van der Waals surface area (Å²) in [5.41, 5.74) is -1.84. The zero-order valence-corrected chi connectivity index (χ0v) is 17.5. The van der Waals surface area contributed by atoms with E-state index in [1.807, 2.05) is 0 Å². The summed E-state index contributed by atoms with van der Waals surface area (Å²) in [4.78, 5) is 26.3. The van der Waals surface area contributed by atoms with Crippen molar-refractivity contribution < 1.29 is 36.6 Å². The maximum atomic E-state index is 15.2. The van der Waals surface area contributed by atoms with Gasteiger partial charge in [-0.1, -0.05) is 0 Å². The number of hydrogen-bond donors (Lipinski definition) is 2. The maximum Gasteiger partial charge on any atom is 0.352 e. The molecule has 4 rings (SSSR count). The van der Waals surface area contributed by atoms with Crippen LogP contribution in [0.5, 0.6) is 0 Å². The molecule has 2 heterocycles. The number of alkyl halides is 2. The van der Waals surface area contributed by atoms with Crippen molar-refractivity contribution in [3.8, 4) is 0 Å². The Hall–Kier alpha value is -3.01. The van der Waals surface area contributed by atoms with Crippen molar-refractivity contribution in [2.45, 2.75) is 56.7 Å². The molecule has 2 bridgehead atoms. The lowest BCUT2D eigenvalue weighted by Gasteiger charge is -2.39. The number of carbonyl (C=O) groups excluding carboxylic acids is 2. The van der Waals surface area contributed by atoms with E-state index in [1.165, 1.54) is 6.92 Å². The molecule has 2 aromatic rings. The standard InChI is InChI=1S/C23H21F5N2O3/c1-11-6-13(8-19(25)20(11)26)29-21(32)12-2-5-18(24)17(7-12)23(27,28)22(33)30-14-3-4-15(30)10-16(31)9-14/h2,5-8,14-16,31H,3-4,9-10H2,1H3,(H,29,32)/t14-,15+,16+. The number of carbonyl (C=O) groups is 2. The van der Waals surface area contributed by atoms with Crippen LogP contribution in [0, 0.1) is 24.4 Å².